The zero-order chi connectivity index (χ0) is 9.97. The zero-order valence-electron chi connectivity index (χ0n) is 8.49. The summed E-state index contributed by atoms with van der Waals surface area (Å²) in [5.74, 6) is 0.301. The summed E-state index contributed by atoms with van der Waals surface area (Å²) in [7, 11) is 1.42. The van der Waals surface area contributed by atoms with E-state index >= 15 is 0 Å². The predicted molar refractivity (Wildman–Crippen MR) is 51.5 cm³/mol. The number of hydrogen-bond donors (Lipinski definition) is 0. The van der Waals surface area contributed by atoms with Crippen LogP contribution in [-0.4, -0.2) is 19.2 Å². The van der Waals surface area contributed by atoms with Crippen molar-refractivity contribution in [3.05, 3.63) is 11.8 Å². The monoisotopic (exact) mass is 196 g/mol. The van der Waals surface area contributed by atoms with E-state index in [1.165, 1.54) is 45.5 Å². The Labute approximate surface area is 84.1 Å². The molecule has 1 saturated carbocycles. The van der Waals surface area contributed by atoms with Crippen molar-refractivity contribution in [2.24, 2.45) is 5.92 Å². The fourth-order valence-electron chi connectivity index (χ4n) is 2.30. The zero-order valence-corrected chi connectivity index (χ0v) is 8.49. The molecule has 0 aromatic carbocycles. The van der Waals surface area contributed by atoms with Gasteiger partial charge in [-0.1, -0.05) is 19.3 Å². The lowest BCUT2D eigenvalue weighted by Crippen LogP contribution is -2.36. The molecule has 78 valence electrons. The van der Waals surface area contributed by atoms with Gasteiger partial charge in [0.15, 0.2) is 0 Å². The lowest BCUT2D eigenvalue weighted by molar-refractivity contribution is -0.140. The maximum atomic E-state index is 11.3. The van der Waals surface area contributed by atoms with E-state index in [0.717, 1.165) is 5.57 Å². The lowest BCUT2D eigenvalue weighted by Gasteiger charge is -2.35. The molecule has 1 heterocycles. The number of methoxy groups -OCH3 is 1. The molecule has 0 spiro atoms. The van der Waals surface area contributed by atoms with Gasteiger partial charge in [-0.15, -0.1) is 0 Å². The summed E-state index contributed by atoms with van der Waals surface area (Å²) in [6.07, 6.45) is 7.75. The smallest absolute Gasteiger partial charge is 0.340 e. The molecule has 0 amide bonds. The summed E-state index contributed by atoms with van der Waals surface area (Å²) in [6, 6.07) is 0. The highest BCUT2D eigenvalue weighted by molar-refractivity contribution is 5.90. The largest absolute Gasteiger partial charge is 0.492 e. The number of rotatable bonds is 2. The molecule has 1 unspecified atom stereocenters. The molecule has 3 nitrogen and oxygen atoms in total. The first kappa shape index (κ1) is 9.56. The fraction of sp³-hybridized carbons (Fsp3) is 0.727. The third kappa shape index (κ3) is 1.63. The second-order valence-corrected chi connectivity index (χ2v) is 4.02. The summed E-state index contributed by atoms with van der Waals surface area (Å²) in [5, 5.41) is 0. The van der Waals surface area contributed by atoms with Crippen LogP contribution in [0.5, 0.6) is 0 Å². The Morgan fingerprint density at radius 1 is 1.43 bits per heavy atom. The predicted octanol–water partition coefficient (Wildman–Crippen LogP) is 2.02. The number of ether oxygens (including phenoxy) is 2. The van der Waals surface area contributed by atoms with Gasteiger partial charge in [0, 0.05) is 5.92 Å². The standard InChI is InChI=1S/C11H16O3/c1-13-11(12)9-7-14-10(9)8-5-3-2-4-6-8/h7-8,10H,2-6H2,1H3. The summed E-state index contributed by atoms with van der Waals surface area (Å²) >= 11 is 0. The second kappa shape index (κ2) is 4.03. The molecule has 0 saturated heterocycles. The van der Waals surface area contributed by atoms with Crippen molar-refractivity contribution in [1.29, 1.82) is 0 Å². The molecule has 1 aliphatic heterocycles. The molecule has 0 aromatic heterocycles. The molecule has 2 rings (SSSR count). The average Bonchev–Trinajstić information content (AvgIpc) is 2.17. The highest BCUT2D eigenvalue weighted by Crippen LogP contribution is 2.35. The van der Waals surface area contributed by atoms with Gasteiger partial charge in [0.25, 0.3) is 0 Å². The first-order chi connectivity index (χ1) is 6.83. The molecule has 1 aliphatic carbocycles. The van der Waals surface area contributed by atoms with Crippen LogP contribution in [0.25, 0.3) is 0 Å². The van der Waals surface area contributed by atoms with Gasteiger partial charge in [-0.2, -0.15) is 0 Å². The molecule has 0 N–H and O–H groups in total. The summed E-state index contributed by atoms with van der Waals surface area (Å²) in [4.78, 5) is 11.3. The molecule has 2 aliphatic rings. The molecular formula is C11H16O3. The third-order valence-corrected chi connectivity index (χ3v) is 3.15. The second-order valence-electron chi connectivity index (χ2n) is 4.02. The third-order valence-electron chi connectivity index (χ3n) is 3.15. The Morgan fingerprint density at radius 2 is 2.14 bits per heavy atom. The van der Waals surface area contributed by atoms with Gasteiger partial charge in [0.2, 0.25) is 0 Å². The molecule has 14 heavy (non-hydrogen) atoms. The van der Waals surface area contributed by atoms with Gasteiger partial charge >= 0.3 is 5.97 Å². The maximum Gasteiger partial charge on any atom is 0.340 e. The maximum absolute atomic E-state index is 11.3. The molecule has 0 aromatic rings. The van der Waals surface area contributed by atoms with Gasteiger partial charge in [-0.3, -0.25) is 0 Å². The van der Waals surface area contributed by atoms with Crippen molar-refractivity contribution in [2.45, 2.75) is 38.2 Å². The van der Waals surface area contributed by atoms with E-state index < -0.39 is 0 Å². The van der Waals surface area contributed by atoms with Crippen LogP contribution in [0.3, 0.4) is 0 Å². The Balaban J connectivity index is 1.94. The summed E-state index contributed by atoms with van der Waals surface area (Å²) in [6.45, 7) is 0. The van der Waals surface area contributed by atoms with Gasteiger partial charge < -0.3 is 9.47 Å². The van der Waals surface area contributed by atoms with Crippen LogP contribution in [-0.2, 0) is 14.3 Å². The van der Waals surface area contributed by atoms with Gasteiger partial charge in [-0.05, 0) is 12.8 Å². The minimum Gasteiger partial charge on any atom is -0.492 e. The molecule has 0 radical (unpaired) electrons. The number of esters is 1. The summed E-state index contributed by atoms with van der Waals surface area (Å²) < 4.78 is 10.0. The highest BCUT2D eigenvalue weighted by atomic mass is 16.5. The number of carbonyl (C=O) groups is 1. The van der Waals surface area contributed by atoms with E-state index in [9.17, 15) is 4.79 Å². The first-order valence-electron chi connectivity index (χ1n) is 5.27. The first-order valence-corrected chi connectivity index (χ1v) is 5.27. The number of hydrogen-bond acceptors (Lipinski definition) is 3. The highest BCUT2D eigenvalue weighted by Gasteiger charge is 2.37. The van der Waals surface area contributed by atoms with Crippen LogP contribution in [0.4, 0.5) is 0 Å². The van der Waals surface area contributed by atoms with E-state index in [1.807, 2.05) is 0 Å². The molecular weight excluding hydrogens is 180 g/mol. The molecule has 0 bridgehead atoms. The van der Waals surface area contributed by atoms with Crippen molar-refractivity contribution >= 4 is 5.97 Å². The van der Waals surface area contributed by atoms with Crippen LogP contribution < -0.4 is 0 Å². The van der Waals surface area contributed by atoms with E-state index in [1.54, 1.807) is 0 Å². The topological polar surface area (TPSA) is 35.5 Å². The average molecular weight is 196 g/mol. The van der Waals surface area contributed by atoms with Gasteiger partial charge in [-0.25, -0.2) is 4.79 Å². The quantitative estimate of drug-likeness (QED) is 0.634. The van der Waals surface area contributed by atoms with Crippen molar-refractivity contribution in [3.63, 3.8) is 0 Å². The van der Waals surface area contributed by atoms with Crippen LogP contribution in [0, 0.1) is 5.92 Å². The van der Waals surface area contributed by atoms with E-state index in [-0.39, 0.29) is 12.1 Å². The summed E-state index contributed by atoms with van der Waals surface area (Å²) in [5.41, 5.74) is 0.722. The minimum atomic E-state index is -0.230. The van der Waals surface area contributed by atoms with Crippen LogP contribution in [0.2, 0.25) is 0 Å². The Kier molecular flexibility index (Phi) is 2.75. The Bertz CT molecular complexity index is 251. The Hall–Kier alpha value is -0.990. The normalized spacial score (nSPS) is 27.2. The van der Waals surface area contributed by atoms with Crippen molar-refractivity contribution in [2.75, 3.05) is 7.11 Å². The van der Waals surface area contributed by atoms with Gasteiger partial charge in [0.1, 0.15) is 11.7 Å². The van der Waals surface area contributed by atoms with Gasteiger partial charge in [0.05, 0.1) is 13.4 Å². The molecule has 3 heteroatoms. The van der Waals surface area contributed by atoms with Crippen LogP contribution in [0.15, 0.2) is 11.8 Å². The minimum absolute atomic E-state index is 0.0164. The SMILES string of the molecule is COC(=O)C1=COC1C1CCCCC1. The van der Waals surface area contributed by atoms with Crippen LogP contribution >= 0.6 is 0 Å². The van der Waals surface area contributed by atoms with E-state index in [4.69, 9.17) is 4.74 Å². The van der Waals surface area contributed by atoms with E-state index in [0.29, 0.717) is 5.92 Å². The number of carbonyl (C=O) groups excluding carboxylic acids is 1. The molecule has 1 fully saturated rings. The van der Waals surface area contributed by atoms with Crippen molar-refractivity contribution in [1.82, 2.24) is 0 Å². The van der Waals surface area contributed by atoms with Crippen molar-refractivity contribution in [3.8, 4) is 0 Å². The molecule has 1 atom stereocenters. The van der Waals surface area contributed by atoms with Crippen molar-refractivity contribution < 1.29 is 14.3 Å². The van der Waals surface area contributed by atoms with E-state index in [2.05, 4.69) is 4.74 Å². The van der Waals surface area contributed by atoms with Crippen LogP contribution in [0.1, 0.15) is 32.1 Å². The lowest BCUT2D eigenvalue weighted by atomic mass is 9.81. The Morgan fingerprint density at radius 3 is 2.64 bits per heavy atom. The fourth-order valence-corrected chi connectivity index (χ4v) is 2.30.